The van der Waals surface area contributed by atoms with Crippen molar-refractivity contribution < 1.29 is 32.2 Å². The Morgan fingerprint density at radius 3 is 2.77 bits per heavy atom. The lowest BCUT2D eigenvalue weighted by Gasteiger charge is -2.18. The molecule has 2 aromatic heterocycles. The summed E-state index contributed by atoms with van der Waals surface area (Å²) in [6.07, 6.45) is -1.85. The number of carbonyl (C=O) groups excluding carboxylic acids is 2. The van der Waals surface area contributed by atoms with E-state index in [1.807, 2.05) is 6.92 Å². The first-order chi connectivity index (χ1) is 18.6. The molecule has 0 saturated carbocycles. The molecule has 1 N–H and O–H groups in total. The highest BCUT2D eigenvalue weighted by Crippen LogP contribution is 2.40. The van der Waals surface area contributed by atoms with Crippen LogP contribution >= 0.6 is 23.1 Å². The molecule has 0 fully saturated rings. The molecule has 1 aromatic carbocycles. The largest absolute Gasteiger partial charge is 0.486 e. The molecule has 13 heteroatoms. The number of amides is 1. The molecule has 1 aliphatic carbocycles. The molecule has 2 heterocycles. The van der Waals surface area contributed by atoms with Crippen molar-refractivity contribution in [1.82, 2.24) is 14.8 Å². The molecular formula is C26H29F3N4O4S2. The van der Waals surface area contributed by atoms with Gasteiger partial charge in [0.25, 0.3) is 0 Å². The van der Waals surface area contributed by atoms with E-state index in [1.165, 1.54) is 35.2 Å². The van der Waals surface area contributed by atoms with Crippen molar-refractivity contribution >= 4 is 40.0 Å². The standard InChI is InChI=1S/C26H29F3N4O4S2/c1-4-33-20(13-37-17-8-6-7-16(12-17)26(27,28)29)31-32-25(33)38-14-21(34)30-23-22(24(35)36-5-2)18-10-9-15(3)11-19(18)39-23/h6-8,12,15H,4-5,9-11,13-14H2,1-3H3,(H,30,34). The van der Waals surface area contributed by atoms with Crippen LogP contribution in [0.1, 0.15) is 59.4 Å². The Labute approximate surface area is 232 Å². The topological polar surface area (TPSA) is 95.3 Å². The molecule has 0 bridgehead atoms. The predicted molar refractivity (Wildman–Crippen MR) is 142 cm³/mol. The van der Waals surface area contributed by atoms with Gasteiger partial charge in [-0.2, -0.15) is 13.2 Å². The van der Waals surface area contributed by atoms with Gasteiger partial charge in [-0.3, -0.25) is 4.79 Å². The van der Waals surface area contributed by atoms with Crippen LogP contribution in [0.15, 0.2) is 29.4 Å². The predicted octanol–water partition coefficient (Wildman–Crippen LogP) is 5.99. The first kappa shape index (κ1) is 28.9. The zero-order chi connectivity index (χ0) is 28.2. The normalized spacial score (nSPS) is 15.1. The number of thioether (sulfide) groups is 1. The minimum atomic E-state index is -4.47. The SMILES string of the molecule is CCOC(=O)c1c(NC(=O)CSc2nnc(COc3cccc(C(F)(F)F)c3)n2CC)sc2c1CCC(C)C2. The fraction of sp³-hybridized carbons (Fsp3) is 0.462. The van der Waals surface area contributed by atoms with Crippen LogP contribution in [0.25, 0.3) is 0 Å². The number of esters is 1. The van der Waals surface area contributed by atoms with Gasteiger partial charge in [0.1, 0.15) is 17.4 Å². The number of nitrogens with zero attached hydrogens (tertiary/aromatic N) is 3. The van der Waals surface area contributed by atoms with Crippen LogP contribution in [0.3, 0.4) is 0 Å². The van der Waals surface area contributed by atoms with Crippen molar-refractivity contribution in [2.75, 3.05) is 17.7 Å². The maximum absolute atomic E-state index is 13.0. The highest BCUT2D eigenvalue weighted by Gasteiger charge is 2.31. The van der Waals surface area contributed by atoms with Crippen LogP contribution in [0.4, 0.5) is 18.2 Å². The third-order valence-electron chi connectivity index (χ3n) is 6.22. The number of alkyl halides is 3. The second kappa shape index (κ2) is 12.4. The van der Waals surface area contributed by atoms with Crippen molar-refractivity contribution in [3.05, 3.63) is 51.7 Å². The molecule has 39 heavy (non-hydrogen) atoms. The van der Waals surface area contributed by atoms with E-state index in [0.717, 1.165) is 41.8 Å². The third-order valence-corrected chi connectivity index (χ3v) is 8.35. The summed E-state index contributed by atoms with van der Waals surface area (Å²) in [6, 6.07) is 4.62. The van der Waals surface area contributed by atoms with Crippen LogP contribution in [0.2, 0.25) is 0 Å². The number of halogens is 3. The monoisotopic (exact) mass is 582 g/mol. The minimum Gasteiger partial charge on any atom is -0.486 e. The number of fused-ring (bicyclic) bond motifs is 1. The molecule has 210 valence electrons. The average Bonchev–Trinajstić information content (AvgIpc) is 3.45. The number of hydrogen-bond donors (Lipinski definition) is 1. The van der Waals surface area contributed by atoms with Crippen LogP contribution in [-0.2, 0) is 41.7 Å². The number of nitrogens with one attached hydrogen (secondary N) is 1. The molecule has 8 nitrogen and oxygen atoms in total. The highest BCUT2D eigenvalue weighted by molar-refractivity contribution is 7.99. The summed E-state index contributed by atoms with van der Waals surface area (Å²) in [7, 11) is 0. The van der Waals surface area contributed by atoms with Crippen molar-refractivity contribution in [1.29, 1.82) is 0 Å². The summed E-state index contributed by atoms with van der Waals surface area (Å²) in [4.78, 5) is 26.7. The van der Waals surface area contributed by atoms with Crippen molar-refractivity contribution in [2.24, 2.45) is 5.92 Å². The smallest absolute Gasteiger partial charge is 0.416 e. The highest BCUT2D eigenvalue weighted by atomic mass is 32.2. The van der Waals surface area contributed by atoms with E-state index >= 15 is 0 Å². The molecule has 3 aromatic rings. The van der Waals surface area contributed by atoms with E-state index < -0.39 is 17.7 Å². The van der Waals surface area contributed by atoms with Crippen molar-refractivity contribution in [2.45, 2.75) is 64.5 Å². The lowest BCUT2D eigenvalue weighted by Crippen LogP contribution is -2.18. The maximum Gasteiger partial charge on any atom is 0.416 e. The molecular weight excluding hydrogens is 553 g/mol. The Morgan fingerprint density at radius 2 is 2.05 bits per heavy atom. The molecule has 0 saturated heterocycles. The van der Waals surface area contributed by atoms with Gasteiger partial charge in [-0.1, -0.05) is 24.8 Å². The fourth-order valence-electron chi connectivity index (χ4n) is 4.31. The Morgan fingerprint density at radius 1 is 1.26 bits per heavy atom. The Hall–Kier alpha value is -3.06. The summed E-state index contributed by atoms with van der Waals surface area (Å²) >= 11 is 2.59. The molecule has 0 spiro atoms. The number of benzene rings is 1. The molecule has 1 amide bonds. The van der Waals surface area contributed by atoms with E-state index in [-0.39, 0.29) is 30.6 Å². The Kier molecular flexibility index (Phi) is 9.21. The lowest BCUT2D eigenvalue weighted by atomic mass is 9.88. The van der Waals surface area contributed by atoms with Gasteiger partial charge in [-0.05, 0) is 62.8 Å². The Balaban J connectivity index is 1.41. The molecule has 1 aliphatic rings. The third kappa shape index (κ3) is 6.93. The molecule has 4 rings (SSSR count). The summed E-state index contributed by atoms with van der Waals surface area (Å²) in [6.45, 7) is 6.42. The van der Waals surface area contributed by atoms with Crippen LogP contribution in [0, 0.1) is 5.92 Å². The zero-order valence-electron chi connectivity index (χ0n) is 21.8. The van der Waals surface area contributed by atoms with Gasteiger partial charge in [0.05, 0.1) is 23.5 Å². The molecule has 1 atom stereocenters. The van der Waals surface area contributed by atoms with Crippen LogP contribution in [-0.4, -0.2) is 39.0 Å². The zero-order valence-corrected chi connectivity index (χ0v) is 23.4. The first-order valence-corrected chi connectivity index (χ1v) is 14.4. The number of thiophene rings is 1. The van der Waals surface area contributed by atoms with Crippen LogP contribution < -0.4 is 10.1 Å². The van der Waals surface area contributed by atoms with E-state index in [9.17, 15) is 22.8 Å². The molecule has 1 unspecified atom stereocenters. The van der Waals surface area contributed by atoms with Gasteiger partial charge in [0.2, 0.25) is 5.91 Å². The van der Waals surface area contributed by atoms with Gasteiger partial charge in [-0.25, -0.2) is 4.79 Å². The summed E-state index contributed by atoms with van der Waals surface area (Å²) in [5, 5.41) is 12.1. The summed E-state index contributed by atoms with van der Waals surface area (Å²) < 4.78 is 51.5. The van der Waals surface area contributed by atoms with Gasteiger partial charge in [0.15, 0.2) is 11.0 Å². The Bertz CT molecular complexity index is 1340. The van der Waals surface area contributed by atoms with Gasteiger partial charge in [-0.15, -0.1) is 21.5 Å². The molecule has 0 aliphatic heterocycles. The van der Waals surface area contributed by atoms with E-state index in [0.29, 0.717) is 34.0 Å². The quantitative estimate of drug-likeness (QED) is 0.232. The van der Waals surface area contributed by atoms with Crippen molar-refractivity contribution in [3.63, 3.8) is 0 Å². The number of carbonyl (C=O) groups is 2. The first-order valence-electron chi connectivity index (χ1n) is 12.6. The second-order valence-electron chi connectivity index (χ2n) is 9.07. The van der Waals surface area contributed by atoms with E-state index in [4.69, 9.17) is 9.47 Å². The number of hydrogen-bond acceptors (Lipinski definition) is 8. The summed E-state index contributed by atoms with van der Waals surface area (Å²) in [5.74, 6) is 0.288. The second-order valence-corrected chi connectivity index (χ2v) is 11.1. The minimum absolute atomic E-state index is 0.0217. The summed E-state index contributed by atoms with van der Waals surface area (Å²) in [5.41, 5.74) is 0.620. The molecule has 0 radical (unpaired) electrons. The number of ether oxygens (including phenoxy) is 2. The van der Waals surface area contributed by atoms with E-state index in [1.54, 1.807) is 11.5 Å². The van der Waals surface area contributed by atoms with E-state index in [2.05, 4.69) is 22.4 Å². The van der Waals surface area contributed by atoms with Crippen LogP contribution in [0.5, 0.6) is 5.75 Å². The lowest BCUT2D eigenvalue weighted by molar-refractivity contribution is -0.137. The number of aromatic nitrogens is 3. The fourth-order valence-corrected chi connectivity index (χ4v) is 6.55. The van der Waals surface area contributed by atoms with Gasteiger partial charge < -0.3 is 19.4 Å². The average molecular weight is 583 g/mol. The number of anilines is 1. The van der Waals surface area contributed by atoms with Gasteiger partial charge in [0, 0.05) is 11.4 Å². The van der Waals surface area contributed by atoms with Crippen molar-refractivity contribution in [3.8, 4) is 5.75 Å². The number of rotatable bonds is 10. The van der Waals surface area contributed by atoms with Gasteiger partial charge >= 0.3 is 12.1 Å². The maximum atomic E-state index is 13.0.